The molecule has 0 spiro atoms. The molecular formula is C19H28N6O5S2. The van der Waals surface area contributed by atoms with Crippen LogP contribution in [0.5, 0.6) is 5.88 Å². The molecule has 0 saturated carbocycles. The molecule has 3 heterocycles. The number of fused-ring (bicyclic) bond motifs is 1. The number of nitrogens with one attached hydrogen (secondary N) is 1. The summed E-state index contributed by atoms with van der Waals surface area (Å²) in [4.78, 5) is 35.1. The predicted octanol–water partition coefficient (Wildman–Crippen LogP) is 1.24. The van der Waals surface area contributed by atoms with Gasteiger partial charge in [-0.3, -0.25) is 0 Å². The summed E-state index contributed by atoms with van der Waals surface area (Å²) in [6.07, 6.45) is 4.01. The number of hydrogen-bond acceptors (Lipinski definition) is 10. The smallest absolute Gasteiger partial charge is 0.328 e. The zero-order valence-corrected chi connectivity index (χ0v) is 20.2. The number of aromatic nitrogens is 4. The number of nitrogens with zero attached hydrogens (tertiary/aromatic N) is 5. The second-order valence-electron chi connectivity index (χ2n) is 7.10. The molecule has 1 aliphatic rings. The highest BCUT2D eigenvalue weighted by molar-refractivity contribution is 7.98. The van der Waals surface area contributed by atoms with Gasteiger partial charge in [-0.05, 0) is 31.6 Å². The summed E-state index contributed by atoms with van der Waals surface area (Å²) in [5, 5.41) is 7.76. The standard InChI is InChI=1S/C19H28N6O5S2/c1-12-9-15(25-17(20-12)22-18(23-25)32-4)30-11-13-10-24(6-7-29-13)19(27)21-14(5-8-31-3)16(26)28-2/h9,13-14H,5-8,10-11H2,1-4H3,(H,21,27). The van der Waals surface area contributed by atoms with Crippen LogP contribution in [0.1, 0.15) is 12.1 Å². The van der Waals surface area contributed by atoms with Crippen LogP contribution >= 0.6 is 23.5 Å². The number of hydrogen-bond donors (Lipinski definition) is 1. The topological polar surface area (TPSA) is 120 Å². The Balaban J connectivity index is 1.60. The van der Waals surface area contributed by atoms with E-state index >= 15 is 0 Å². The number of aryl methyl sites for hydroxylation is 1. The van der Waals surface area contributed by atoms with Crippen LogP contribution in [0.15, 0.2) is 11.2 Å². The van der Waals surface area contributed by atoms with Crippen LogP contribution in [0.4, 0.5) is 4.79 Å². The number of rotatable bonds is 9. The van der Waals surface area contributed by atoms with Crippen molar-refractivity contribution in [3.8, 4) is 5.88 Å². The van der Waals surface area contributed by atoms with Gasteiger partial charge in [-0.1, -0.05) is 11.8 Å². The first-order chi connectivity index (χ1) is 15.4. The number of carbonyl (C=O) groups excluding carboxylic acids is 2. The molecule has 0 bridgehead atoms. The number of thioether (sulfide) groups is 2. The maximum Gasteiger partial charge on any atom is 0.328 e. The molecule has 11 nitrogen and oxygen atoms in total. The number of ether oxygens (including phenoxy) is 3. The molecule has 3 rings (SSSR count). The lowest BCUT2D eigenvalue weighted by Crippen LogP contribution is -2.54. The van der Waals surface area contributed by atoms with Gasteiger partial charge in [0.1, 0.15) is 18.8 Å². The van der Waals surface area contributed by atoms with Crippen molar-refractivity contribution in [1.29, 1.82) is 0 Å². The van der Waals surface area contributed by atoms with Crippen molar-refractivity contribution in [1.82, 2.24) is 29.8 Å². The average molecular weight is 485 g/mol. The van der Waals surface area contributed by atoms with Gasteiger partial charge in [-0.15, -0.1) is 5.10 Å². The first kappa shape index (κ1) is 24.4. The van der Waals surface area contributed by atoms with E-state index in [4.69, 9.17) is 14.2 Å². The quantitative estimate of drug-likeness (QED) is 0.411. The molecule has 2 unspecified atom stereocenters. The third-order valence-electron chi connectivity index (χ3n) is 4.81. The van der Waals surface area contributed by atoms with E-state index in [0.29, 0.717) is 42.9 Å². The van der Waals surface area contributed by atoms with E-state index in [1.165, 1.54) is 18.9 Å². The summed E-state index contributed by atoms with van der Waals surface area (Å²) in [6, 6.07) is 0.785. The van der Waals surface area contributed by atoms with Crippen molar-refractivity contribution in [3.63, 3.8) is 0 Å². The first-order valence-electron chi connectivity index (χ1n) is 10.1. The summed E-state index contributed by atoms with van der Waals surface area (Å²) in [6.45, 7) is 3.22. The molecule has 32 heavy (non-hydrogen) atoms. The highest BCUT2D eigenvalue weighted by Crippen LogP contribution is 2.18. The highest BCUT2D eigenvalue weighted by atomic mass is 32.2. The number of morpholine rings is 1. The van der Waals surface area contributed by atoms with Gasteiger partial charge in [0.15, 0.2) is 0 Å². The summed E-state index contributed by atoms with van der Waals surface area (Å²) in [5.41, 5.74) is 0.761. The van der Waals surface area contributed by atoms with Gasteiger partial charge >= 0.3 is 12.0 Å². The molecule has 0 radical (unpaired) electrons. The van der Waals surface area contributed by atoms with Gasteiger partial charge in [0.05, 0.1) is 20.3 Å². The molecule has 1 aliphatic heterocycles. The van der Waals surface area contributed by atoms with Gasteiger partial charge in [0.25, 0.3) is 5.78 Å². The largest absolute Gasteiger partial charge is 0.475 e. The van der Waals surface area contributed by atoms with Crippen LogP contribution < -0.4 is 10.1 Å². The number of carbonyl (C=O) groups is 2. The zero-order chi connectivity index (χ0) is 23.1. The Morgan fingerprint density at radius 2 is 2.19 bits per heavy atom. The Morgan fingerprint density at radius 3 is 2.91 bits per heavy atom. The minimum atomic E-state index is -0.677. The Morgan fingerprint density at radius 1 is 1.38 bits per heavy atom. The minimum absolute atomic E-state index is 0.226. The maximum atomic E-state index is 12.7. The van der Waals surface area contributed by atoms with Crippen LogP contribution in [0.3, 0.4) is 0 Å². The van der Waals surface area contributed by atoms with Crippen molar-refractivity contribution in [2.24, 2.45) is 0 Å². The lowest BCUT2D eigenvalue weighted by molar-refractivity contribution is -0.143. The minimum Gasteiger partial charge on any atom is -0.475 e. The van der Waals surface area contributed by atoms with Crippen LogP contribution in [0.25, 0.3) is 5.78 Å². The second-order valence-corrected chi connectivity index (χ2v) is 8.86. The molecule has 13 heteroatoms. The highest BCUT2D eigenvalue weighted by Gasteiger charge is 2.28. The Bertz CT molecular complexity index is 942. The summed E-state index contributed by atoms with van der Waals surface area (Å²) < 4.78 is 18.1. The van der Waals surface area contributed by atoms with Gasteiger partial charge in [0.2, 0.25) is 11.0 Å². The van der Waals surface area contributed by atoms with Crippen LogP contribution in [-0.2, 0) is 14.3 Å². The lowest BCUT2D eigenvalue weighted by Gasteiger charge is -2.33. The number of amides is 2. The fourth-order valence-electron chi connectivity index (χ4n) is 3.18. The fraction of sp³-hybridized carbons (Fsp3) is 0.632. The third kappa shape index (κ3) is 6.17. The molecule has 2 amide bonds. The van der Waals surface area contributed by atoms with E-state index in [0.717, 1.165) is 11.4 Å². The van der Waals surface area contributed by atoms with Gasteiger partial charge in [-0.25, -0.2) is 14.6 Å². The number of urea groups is 1. The molecule has 176 valence electrons. The summed E-state index contributed by atoms with van der Waals surface area (Å²) in [5.74, 6) is 1.26. The lowest BCUT2D eigenvalue weighted by atomic mass is 10.2. The Hall–Kier alpha value is -2.25. The Labute approximate surface area is 194 Å². The monoisotopic (exact) mass is 484 g/mol. The molecule has 1 fully saturated rings. The van der Waals surface area contributed by atoms with Crippen molar-refractivity contribution in [2.75, 3.05) is 51.7 Å². The van der Waals surface area contributed by atoms with Crippen LogP contribution in [-0.4, -0.2) is 100 Å². The number of methoxy groups -OCH3 is 1. The molecule has 2 atom stereocenters. The second kappa shape index (κ2) is 11.6. The normalized spacial score (nSPS) is 17.2. The SMILES string of the molecule is COC(=O)C(CCSC)NC(=O)N1CCOC(COc2cc(C)nc3nc(SC)nn23)C1. The van der Waals surface area contributed by atoms with Crippen molar-refractivity contribution in [3.05, 3.63) is 11.8 Å². The van der Waals surface area contributed by atoms with E-state index in [1.54, 1.807) is 27.2 Å². The fourth-order valence-corrected chi connectivity index (χ4v) is 3.98. The average Bonchev–Trinajstić information content (AvgIpc) is 3.22. The van der Waals surface area contributed by atoms with Gasteiger partial charge in [-0.2, -0.15) is 21.3 Å². The van der Waals surface area contributed by atoms with Crippen LogP contribution in [0, 0.1) is 6.92 Å². The third-order valence-corrected chi connectivity index (χ3v) is 5.99. The Kier molecular flexibility index (Phi) is 8.82. The van der Waals surface area contributed by atoms with Crippen molar-refractivity contribution < 1.29 is 23.8 Å². The predicted molar refractivity (Wildman–Crippen MR) is 121 cm³/mol. The molecule has 0 aliphatic carbocycles. The van der Waals surface area contributed by atoms with Crippen LogP contribution in [0.2, 0.25) is 0 Å². The van der Waals surface area contributed by atoms with E-state index in [2.05, 4.69) is 20.4 Å². The molecular weight excluding hydrogens is 456 g/mol. The van der Waals surface area contributed by atoms with Gasteiger partial charge < -0.3 is 24.4 Å². The van der Waals surface area contributed by atoms with Crippen molar-refractivity contribution >= 4 is 41.3 Å². The van der Waals surface area contributed by atoms with E-state index in [1.807, 2.05) is 19.4 Å². The zero-order valence-electron chi connectivity index (χ0n) is 18.6. The van der Waals surface area contributed by atoms with Gasteiger partial charge in [0, 0.05) is 18.3 Å². The molecule has 1 saturated heterocycles. The van der Waals surface area contributed by atoms with E-state index < -0.39 is 12.0 Å². The maximum absolute atomic E-state index is 12.7. The van der Waals surface area contributed by atoms with E-state index in [-0.39, 0.29) is 18.7 Å². The molecule has 2 aromatic rings. The first-order valence-corrected chi connectivity index (χ1v) is 12.7. The summed E-state index contributed by atoms with van der Waals surface area (Å²) in [7, 11) is 1.32. The van der Waals surface area contributed by atoms with Crippen molar-refractivity contribution in [2.45, 2.75) is 30.6 Å². The molecule has 0 aromatic carbocycles. The summed E-state index contributed by atoms with van der Waals surface area (Å²) >= 11 is 3.03. The molecule has 2 aromatic heterocycles. The van der Waals surface area contributed by atoms with E-state index in [9.17, 15) is 9.59 Å². The molecule has 1 N–H and O–H groups in total. The number of esters is 1.